The molecule has 0 radical (unpaired) electrons. The van der Waals surface area contributed by atoms with Gasteiger partial charge in [-0.3, -0.25) is 4.79 Å². The van der Waals surface area contributed by atoms with E-state index in [1.54, 1.807) is 0 Å². The van der Waals surface area contributed by atoms with Crippen LogP contribution in [-0.2, 0) is 15.7 Å². The predicted octanol–water partition coefficient (Wildman–Crippen LogP) is 6.18. The Morgan fingerprint density at radius 2 is 1.86 bits per heavy atom. The molecule has 1 fully saturated rings. The van der Waals surface area contributed by atoms with Crippen LogP contribution in [0.25, 0.3) is 0 Å². The summed E-state index contributed by atoms with van der Waals surface area (Å²) < 4.78 is 50.9. The zero-order valence-electron chi connectivity index (χ0n) is 20.4. The minimum Gasteiger partial charge on any atom is -0.478 e. The summed E-state index contributed by atoms with van der Waals surface area (Å²) in [6.07, 6.45) is 0.526. The first-order chi connectivity index (χ1) is 17.1. The molecule has 1 amide bonds. The fraction of sp³-hybridized carbons (Fsp3) is 0.500. The maximum atomic E-state index is 13.5. The van der Waals surface area contributed by atoms with Crippen LogP contribution in [0.5, 0.6) is 11.6 Å². The van der Waals surface area contributed by atoms with Crippen molar-refractivity contribution >= 4 is 17.6 Å². The summed E-state index contributed by atoms with van der Waals surface area (Å²) in [6, 6.07) is 5.81. The zero-order valence-corrected chi connectivity index (χ0v) is 20.4. The zero-order chi connectivity index (χ0) is 26.3. The lowest BCUT2D eigenvalue weighted by Crippen LogP contribution is -2.40. The van der Waals surface area contributed by atoms with Gasteiger partial charge in [0.15, 0.2) is 0 Å². The molecule has 1 N–H and O–H groups in total. The molecule has 7 nitrogen and oxygen atoms in total. The highest BCUT2D eigenvalue weighted by Gasteiger charge is 2.35. The third-order valence-electron chi connectivity index (χ3n) is 6.22. The number of pyridine rings is 1. The number of alkyl halides is 3. The van der Waals surface area contributed by atoms with E-state index in [1.165, 1.54) is 17.0 Å². The van der Waals surface area contributed by atoms with Gasteiger partial charge >= 0.3 is 12.1 Å². The highest BCUT2D eigenvalue weighted by atomic mass is 19.4. The Morgan fingerprint density at radius 1 is 1.14 bits per heavy atom. The number of hydrogen-bond donors (Lipinski definition) is 1. The van der Waals surface area contributed by atoms with Crippen LogP contribution < -0.4 is 9.64 Å². The van der Waals surface area contributed by atoms with Crippen molar-refractivity contribution in [1.29, 1.82) is 0 Å². The maximum absolute atomic E-state index is 13.5. The van der Waals surface area contributed by atoms with E-state index in [4.69, 9.17) is 9.47 Å². The molecule has 0 saturated heterocycles. The lowest BCUT2D eigenvalue weighted by atomic mass is 9.82. The summed E-state index contributed by atoms with van der Waals surface area (Å²) in [5.41, 5.74) is -1.19. The Balaban J connectivity index is 1.93. The Hall–Kier alpha value is -3.14. The van der Waals surface area contributed by atoms with E-state index < -0.39 is 23.6 Å². The molecule has 0 aliphatic heterocycles. The molecule has 3 rings (SSSR count). The number of aromatic nitrogens is 1. The van der Waals surface area contributed by atoms with E-state index in [1.807, 2.05) is 6.92 Å². The van der Waals surface area contributed by atoms with Gasteiger partial charge in [-0.05, 0) is 68.4 Å². The number of halogens is 3. The van der Waals surface area contributed by atoms with Gasteiger partial charge in [-0.15, -0.1) is 0 Å². The largest absolute Gasteiger partial charge is 0.478 e. The van der Waals surface area contributed by atoms with Crippen molar-refractivity contribution in [2.24, 2.45) is 11.8 Å². The van der Waals surface area contributed by atoms with Crippen molar-refractivity contribution < 1.29 is 37.3 Å². The van der Waals surface area contributed by atoms with Crippen molar-refractivity contribution in [2.45, 2.75) is 52.1 Å². The van der Waals surface area contributed by atoms with Crippen LogP contribution in [-0.4, -0.2) is 41.7 Å². The minimum atomic E-state index is -4.70. The van der Waals surface area contributed by atoms with Crippen LogP contribution >= 0.6 is 0 Å². The summed E-state index contributed by atoms with van der Waals surface area (Å²) in [5, 5.41) is 9.91. The molecular weight excluding hydrogens is 477 g/mol. The molecule has 2 aromatic rings. The van der Waals surface area contributed by atoms with Crippen molar-refractivity contribution in [1.82, 2.24) is 4.98 Å². The molecule has 0 spiro atoms. The van der Waals surface area contributed by atoms with Crippen LogP contribution in [0.4, 0.5) is 18.9 Å². The van der Waals surface area contributed by atoms with Crippen molar-refractivity contribution in [2.75, 3.05) is 24.7 Å². The smallest absolute Gasteiger partial charge is 0.421 e. The van der Waals surface area contributed by atoms with Crippen LogP contribution in [0.15, 0.2) is 36.5 Å². The average molecular weight is 509 g/mol. The quantitative estimate of drug-likeness (QED) is 0.386. The first-order valence-corrected chi connectivity index (χ1v) is 12.1. The Labute approximate surface area is 208 Å². The second-order valence-corrected chi connectivity index (χ2v) is 9.00. The lowest BCUT2D eigenvalue weighted by molar-refractivity contribution is -0.138. The molecule has 1 saturated carbocycles. The number of rotatable bonds is 10. The fourth-order valence-electron chi connectivity index (χ4n) is 4.26. The second kappa shape index (κ2) is 12.2. The second-order valence-electron chi connectivity index (χ2n) is 9.00. The fourth-order valence-corrected chi connectivity index (χ4v) is 4.26. The number of amides is 1. The monoisotopic (exact) mass is 508 g/mol. The van der Waals surface area contributed by atoms with Gasteiger partial charge in [0.2, 0.25) is 11.8 Å². The van der Waals surface area contributed by atoms with E-state index in [9.17, 15) is 27.9 Å². The van der Waals surface area contributed by atoms with Crippen molar-refractivity contribution in [3.8, 4) is 11.6 Å². The number of anilines is 1. The van der Waals surface area contributed by atoms with Crippen LogP contribution in [0.1, 0.15) is 61.9 Å². The van der Waals surface area contributed by atoms with Gasteiger partial charge < -0.3 is 19.5 Å². The summed E-state index contributed by atoms with van der Waals surface area (Å²) >= 11 is 0. The molecule has 1 aromatic carbocycles. The van der Waals surface area contributed by atoms with Crippen molar-refractivity contribution in [3.63, 3.8) is 0 Å². The highest BCUT2D eigenvalue weighted by Crippen LogP contribution is 2.38. The number of carbonyl (C=O) groups excluding carboxylic acids is 1. The molecule has 36 heavy (non-hydrogen) atoms. The van der Waals surface area contributed by atoms with E-state index in [0.717, 1.165) is 56.5 Å². The molecule has 1 aliphatic carbocycles. The van der Waals surface area contributed by atoms with E-state index in [-0.39, 0.29) is 42.0 Å². The van der Waals surface area contributed by atoms with Gasteiger partial charge in [0.25, 0.3) is 0 Å². The average Bonchev–Trinajstić information content (AvgIpc) is 2.84. The van der Waals surface area contributed by atoms with Gasteiger partial charge in [-0.25, -0.2) is 9.78 Å². The number of aromatic carboxylic acids is 1. The van der Waals surface area contributed by atoms with Gasteiger partial charge in [-0.2, -0.15) is 13.2 Å². The number of carboxylic acid groups (broad SMARTS) is 1. The molecule has 0 unspecified atom stereocenters. The molecule has 0 atom stereocenters. The first-order valence-electron chi connectivity index (χ1n) is 12.1. The molecule has 1 aromatic heterocycles. The molecule has 10 heteroatoms. The third-order valence-corrected chi connectivity index (χ3v) is 6.22. The predicted molar refractivity (Wildman–Crippen MR) is 127 cm³/mol. The van der Waals surface area contributed by atoms with E-state index in [0.29, 0.717) is 12.5 Å². The first kappa shape index (κ1) is 27.4. The van der Waals surface area contributed by atoms with Crippen LogP contribution in [0, 0.1) is 11.8 Å². The Kier molecular flexibility index (Phi) is 9.31. The van der Waals surface area contributed by atoms with Crippen LogP contribution in [0.3, 0.4) is 0 Å². The molecule has 0 bridgehead atoms. The summed E-state index contributed by atoms with van der Waals surface area (Å²) in [6.45, 7) is 4.99. The molecular formula is C26H31F3N2O5. The van der Waals surface area contributed by atoms with Crippen LogP contribution in [0.2, 0.25) is 0 Å². The molecule has 196 valence electrons. The number of hydrogen-bond acceptors (Lipinski definition) is 5. The van der Waals surface area contributed by atoms with Gasteiger partial charge in [-0.1, -0.05) is 13.8 Å². The summed E-state index contributed by atoms with van der Waals surface area (Å²) in [4.78, 5) is 30.7. The molecule has 1 aliphatic rings. The van der Waals surface area contributed by atoms with Gasteiger partial charge in [0.05, 0.1) is 17.9 Å². The number of carbonyl (C=O) groups is 2. The van der Waals surface area contributed by atoms with Crippen molar-refractivity contribution in [3.05, 3.63) is 47.7 Å². The van der Waals surface area contributed by atoms with E-state index >= 15 is 0 Å². The minimum absolute atomic E-state index is 0.138. The number of benzene rings is 1. The highest BCUT2D eigenvalue weighted by molar-refractivity contribution is 6.03. The van der Waals surface area contributed by atoms with Gasteiger partial charge in [0.1, 0.15) is 11.3 Å². The Bertz CT molecular complexity index is 1050. The topological polar surface area (TPSA) is 89.0 Å². The maximum Gasteiger partial charge on any atom is 0.421 e. The lowest BCUT2D eigenvalue weighted by Gasteiger charge is -2.32. The molecule has 1 heterocycles. The SMILES string of the molecule is CCCOCCN(C(=O)C1CCC(C)CC1)c1ccc(Oc2ncccc2C(F)(F)F)cc1C(=O)O. The number of carboxylic acids is 1. The standard InChI is InChI=1S/C26H31F3N2O5/c1-3-14-35-15-13-31(24(32)18-8-6-17(2)7-9-18)22-11-10-19(16-20(22)25(33)34)36-23-21(26(27,28)29)5-4-12-30-23/h4-5,10-12,16-18H,3,6-9,13-15H2,1-2H3,(H,33,34). The summed E-state index contributed by atoms with van der Waals surface area (Å²) in [7, 11) is 0. The number of ether oxygens (including phenoxy) is 2. The van der Waals surface area contributed by atoms with E-state index in [2.05, 4.69) is 11.9 Å². The Morgan fingerprint density at radius 3 is 2.50 bits per heavy atom. The van der Waals surface area contributed by atoms with Gasteiger partial charge in [0, 0.05) is 25.3 Å². The number of nitrogens with zero attached hydrogens (tertiary/aromatic N) is 2. The summed E-state index contributed by atoms with van der Waals surface area (Å²) in [5.74, 6) is -2.03. The normalized spacial score (nSPS) is 18.0. The third kappa shape index (κ3) is 6.96.